The number of aliphatic hydroxyl groups is 4. The molecule has 5 N–H and O–H groups in total. The maximum atomic E-state index is 14.0. The van der Waals surface area contributed by atoms with Crippen LogP contribution in [0.4, 0.5) is 0 Å². The molecule has 0 saturated carbocycles. The summed E-state index contributed by atoms with van der Waals surface area (Å²) in [7, 11) is 3.37. The molecule has 3 aliphatic heterocycles. The summed E-state index contributed by atoms with van der Waals surface area (Å²) in [5.41, 5.74) is -4.64. The van der Waals surface area contributed by atoms with Crippen molar-refractivity contribution in [2.24, 2.45) is 23.7 Å². The summed E-state index contributed by atoms with van der Waals surface area (Å²) in [5, 5.41) is 49.3. The van der Waals surface area contributed by atoms with Gasteiger partial charge in [-0.15, -0.1) is 0 Å². The maximum Gasteiger partial charge on any atom is 0.311 e. The lowest BCUT2D eigenvalue weighted by atomic mass is 9.74. The molecular weight excluding hydrogens is 638 g/mol. The molecule has 0 aromatic carbocycles. The third-order valence-electron chi connectivity index (χ3n) is 11.4. The van der Waals surface area contributed by atoms with Crippen LogP contribution in [0.15, 0.2) is 0 Å². The Labute approximate surface area is 292 Å². The van der Waals surface area contributed by atoms with Gasteiger partial charge in [0.05, 0.1) is 47.6 Å². The Morgan fingerprint density at radius 3 is 2.08 bits per heavy atom. The van der Waals surface area contributed by atoms with Gasteiger partial charge in [0.25, 0.3) is 0 Å². The number of ketones is 1. The van der Waals surface area contributed by atoms with Crippen molar-refractivity contribution in [1.82, 2.24) is 5.32 Å². The molecule has 13 nitrogen and oxygen atoms in total. The van der Waals surface area contributed by atoms with Crippen LogP contribution >= 0.6 is 0 Å². The number of rotatable bonds is 7. The van der Waals surface area contributed by atoms with Crippen molar-refractivity contribution in [3.63, 3.8) is 0 Å². The number of hydrogen-bond acceptors (Lipinski definition) is 13. The van der Waals surface area contributed by atoms with Gasteiger partial charge in [-0.1, -0.05) is 27.7 Å². The smallest absolute Gasteiger partial charge is 0.311 e. The predicted molar refractivity (Wildman–Crippen MR) is 180 cm³/mol. The predicted octanol–water partition coefficient (Wildman–Crippen LogP) is 2.47. The van der Waals surface area contributed by atoms with Gasteiger partial charge in [0.1, 0.15) is 23.6 Å². The normalized spacial score (nSPS) is 49.6. The van der Waals surface area contributed by atoms with Crippen molar-refractivity contribution in [2.75, 3.05) is 14.2 Å². The number of aliphatic hydroxyl groups excluding tert-OH is 2. The van der Waals surface area contributed by atoms with Gasteiger partial charge in [-0.2, -0.15) is 0 Å². The summed E-state index contributed by atoms with van der Waals surface area (Å²) in [4.78, 5) is 27.8. The summed E-state index contributed by atoms with van der Waals surface area (Å²) in [6.07, 6.45) is -6.59. The minimum Gasteiger partial charge on any atom is -0.459 e. The standard InChI is InChI=1S/C36H65NO12/c1-13-25-36(10,43)30(39)20(4)28(38)18(2)16-34(8,42)32(49-26-15-24(37-11)14-19(3)45-26)21(5)29(22(6)33(41)47-25)48-27-17-35(9,44-12)31(40)23(7)46-27/h18-27,29-32,37,39-40,42-43H,13-17H2,1-12H3/t18-,19-,20+,21+,22-,23+,24+,25-,26+,27+,29+,30-,31+,32-,34-,35-,36-/m1/s1. The molecule has 0 aromatic rings. The van der Waals surface area contributed by atoms with Crippen LogP contribution in [0.2, 0.25) is 0 Å². The molecule has 3 aliphatic rings. The Bertz CT molecular complexity index is 1100. The molecular formula is C36H65NO12. The van der Waals surface area contributed by atoms with Gasteiger partial charge in [0.2, 0.25) is 0 Å². The molecule has 286 valence electrons. The van der Waals surface area contributed by atoms with Crippen molar-refractivity contribution >= 4 is 11.8 Å². The number of esters is 1. The molecule has 0 aromatic heterocycles. The lowest BCUT2D eigenvalue weighted by Gasteiger charge is -2.48. The molecule has 0 bridgehead atoms. The summed E-state index contributed by atoms with van der Waals surface area (Å²) < 4.78 is 37.2. The van der Waals surface area contributed by atoms with Crippen LogP contribution in [-0.2, 0) is 38.0 Å². The fourth-order valence-electron chi connectivity index (χ4n) is 8.20. The van der Waals surface area contributed by atoms with Crippen LogP contribution < -0.4 is 5.32 Å². The van der Waals surface area contributed by atoms with E-state index in [1.165, 1.54) is 21.0 Å². The zero-order valence-electron chi connectivity index (χ0n) is 31.7. The van der Waals surface area contributed by atoms with Gasteiger partial charge < -0.3 is 54.2 Å². The van der Waals surface area contributed by atoms with Crippen molar-refractivity contribution in [2.45, 2.75) is 179 Å². The molecule has 0 spiro atoms. The summed E-state index contributed by atoms with van der Waals surface area (Å²) in [6.45, 7) is 16.8. The van der Waals surface area contributed by atoms with E-state index in [1.54, 1.807) is 41.5 Å². The van der Waals surface area contributed by atoms with Gasteiger partial charge in [-0.05, 0) is 67.9 Å². The van der Waals surface area contributed by atoms with E-state index in [0.717, 1.165) is 6.42 Å². The molecule has 3 fully saturated rings. The van der Waals surface area contributed by atoms with Crippen molar-refractivity contribution in [3.8, 4) is 0 Å². The number of hydrogen-bond donors (Lipinski definition) is 5. The van der Waals surface area contributed by atoms with E-state index in [1.807, 2.05) is 20.9 Å². The van der Waals surface area contributed by atoms with E-state index in [2.05, 4.69) is 5.32 Å². The third kappa shape index (κ3) is 9.40. The second-order valence-electron chi connectivity index (χ2n) is 15.7. The average Bonchev–Trinajstić information content (AvgIpc) is 3.04. The zero-order chi connectivity index (χ0) is 37.2. The first-order valence-corrected chi connectivity index (χ1v) is 18.0. The number of nitrogens with one attached hydrogen (secondary N) is 1. The average molecular weight is 704 g/mol. The quantitative estimate of drug-likeness (QED) is 0.244. The lowest BCUT2D eigenvalue weighted by Crippen LogP contribution is -2.60. The van der Waals surface area contributed by atoms with Crippen LogP contribution in [0.1, 0.15) is 101 Å². The van der Waals surface area contributed by atoms with Crippen LogP contribution in [0.5, 0.6) is 0 Å². The Balaban J connectivity index is 2.14. The molecule has 17 atom stereocenters. The Kier molecular flexibility index (Phi) is 14.3. The SMILES string of the molecule is CC[C@H]1OC(=O)[C@H](C)[C@@H](O[C@H]2C[C@@](C)(OC)[C@@H](O)[C@H](C)O2)[C@H](C)[C@@H](O[C@H]2C[C@@H](NC)C[C@@H](C)O2)[C@](C)(O)C[C@@H](C)C(=O)[C@H](C)[C@@H](O)[C@]1(C)O. The number of Topliss-reactive ketones (excluding diaryl/α,β-unsaturated/α-hetero) is 1. The van der Waals surface area contributed by atoms with Gasteiger partial charge in [-0.25, -0.2) is 0 Å². The highest BCUT2D eigenvalue weighted by molar-refractivity contribution is 5.83. The van der Waals surface area contributed by atoms with E-state index in [9.17, 15) is 30.0 Å². The first-order valence-electron chi connectivity index (χ1n) is 18.0. The number of methoxy groups -OCH3 is 1. The number of carbonyl (C=O) groups is 2. The largest absolute Gasteiger partial charge is 0.459 e. The molecule has 3 saturated heterocycles. The van der Waals surface area contributed by atoms with E-state index >= 15 is 0 Å². The lowest BCUT2D eigenvalue weighted by molar-refractivity contribution is -0.308. The van der Waals surface area contributed by atoms with Crippen molar-refractivity contribution in [3.05, 3.63) is 0 Å². The van der Waals surface area contributed by atoms with Crippen LogP contribution in [-0.4, -0.2) is 124 Å². The molecule has 0 amide bonds. The fourth-order valence-corrected chi connectivity index (χ4v) is 8.20. The number of ether oxygens (including phenoxy) is 6. The molecule has 49 heavy (non-hydrogen) atoms. The Morgan fingerprint density at radius 2 is 1.51 bits per heavy atom. The Hall–Kier alpha value is -1.26. The molecule has 0 radical (unpaired) electrons. The van der Waals surface area contributed by atoms with Crippen molar-refractivity contribution < 1.29 is 58.4 Å². The maximum absolute atomic E-state index is 14.0. The molecule has 3 rings (SSSR count). The molecule has 3 heterocycles. The highest BCUT2D eigenvalue weighted by Crippen LogP contribution is 2.40. The molecule has 0 unspecified atom stereocenters. The van der Waals surface area contributed by atoms with Gasteiger partial charge >= 0.3 is 5.97 Å². The summed E-state index contributed by atoms with van der Waals surface area (Å²) in [5.74, 6) is -4.57. The molecule has 13 heteroatoms. The fraction of sp³-hybridized carbons (Fsp3) is 0.944. The summed E-state index contributed by atoms with van der Waals surface area (Å²) in [6, 6.07) is 0.102. The van der Waals surface area contributed by atoms with Gasteiger partial charge in [0.15, 0.2) is 12.6 Å². The number of carbonyl (C=O) groups excluding carboxylic acids is 2. The van der Waals surface area contributed by atoms with Gasteiger partial charge in [-0.3, -0.25) is 9.59 Å². The second-order valence-corrected chi connectivity index (χ2v) is 15.7. The van der Waals surface area contributed by atoms with Crippen LogP contribution in [0, 0.1) is 23.7 Å². The first kappa shape index (κ1) is 42.2. The second kappa shape index (κ2) is 16.6. The third-order valence-corrected chi connectivity index (χ3v) is 11.4. The highest BCUT2D eigenvalue weighted by Gasteiger charge is 2.52. The van der Waals surface area contributed by atoms with Crippen LogP contribution in [0.3, 0.4) is 0 Å². The first-order chi connectivity index (χ1) is 22.6. The number of cyclic esters (lactones) is 1. The minimum absolute atomic E-state index is 0.0502. The zero-order valence-corrected chi connectivity index (χ0v) is 31.7. The van der Waals surface area contributed by atoms with E-state index in [4.69, 9.17) is 28.4 Å². The van der Waals surface area contributed by atoms with Crippen LogP contribution in [0.25, 0.3) is 0 Å². The summed E-state index contributed by atoms with van der Waals surface area (Å²) >= 11 is 0. The Morgan fingerprint density at radius 1 is 0.878 bits per heavy atom. The van der Waals surface area contributed by atoms with E-state index < -0.39 is 95.6 Å². The van der Waals surface area contributed by atoms with Crippen molar-refractivity contribution in [1.29, 1.82) is 0 Å². The minimum atomic E-state index is -1.96. The van der Waals surface area contributed by atoms with E-state index in [0.29, 0.717) is 6.42 Å². The van der Waals surface area contributed by atoms with Gasteiger partial charge in [0, 0.05) is 43.7 Å². The van der Waals surface area contributed by atoms with E-state index in [-0.39, 0.29) is 37.2 Å². The highest BCUT2D eigenvalue weighted by atomic mass is 16.7. The monoisotopic (exact) mass is 703 g/mol. The molecule has 0 aliphatic carbocycles. The topological polar surface area (TPSA) is 182 Å².